The third-order valence-corrected chi connectivity index (χ3v) is 3.28. The molecule has 0 radical (unpaired) electrons. The van der Waals surface area contributed by atoms with Crippen LogP contribution in [0.4, 0.5) is 17.1 Å². The summed E-state index contributed by atoms with van der Waals surface area (Å²) < 4.78 is 5.37. The zero-order chi connectivity index (χ0) is 18.4. The van der Waals surface area contributed by atoms with Crippen molar-refractivity contribution in [1.82, 2.24) is 0 Å². The molecule has 0 saturated heterocycles. The SMILES string of the molecule is CC(=O)Nc1cccc(NC(=O)COc2cccc([N+](=O)[O-])c2C)c1. The van der Waals surface area contributed by atoms with Crippen molar-refractivity contribution < 1.29 is 19.2 Å². The van der Waals surface area contributed by atoms with Crippen molar-refractivity contribution in [3.63, 3.8) is 0 Å². The highest BCUT2D eigenvalue weighted by atomic mass is 16.6. The lowest BCUT2D eigenvalue weighted by molar-refractivity contribution is -0.385. The van der Waals surface area contributed by atoms with Gasteiger partial charge in [0.15, 0.2) is 6.61 Å². The average Bonchev–Trinajstić information content (AvgIpc) is 2.53. The van der Waals surface area contributed by atoms with E-state index in [1.165, 1.54) is 19.1 Å². The van der Waals surface area contributed by atoms with Crippen LogP contribution in [-0.4, -0.2) is 23.3 Å². The van der Waals surface area contributed by atoms with Gasteiger partial charge in [0.05, 0.1) is 10.5 Å². The van der Waals surface area contributed by atoms with Crippen LogP contribution in [-0.2, 0) is 9.59 Å². The molecule has 0 spiro atoms. The van der Waals surface area contributed by atoms with Crippen LogP contribution in [0.1, 0.15) is 12.5 Å². The number of nitrogens with zero attached hydrogens (tertiary/aromatic N) is 1. The van der Waals surface area contributed by atoms with Crippen molar-refractivity contribution in [2.45, 2.75) is 13.8 Å². The summed E-state index contributed by atoms with van der Waals surface area (Å²) >= 11 is 0. The monoisotopic (exact) mass is 343 g/mol. The zero-order valence-electron chi connectivity index (χ0n) is 13.7. The van der Waals surface area contributed by atoms with Gasteiger partial charge in [-0.15, -0.1) is 0 Å². The number of nitro groups is 1. The molecule has 2 N–H and O–H groups in total. The van der Waals surface area contributed by atoms with Gasteiger partial charge in [0, 0.05) is 24.4 Å². The summed E-state index contributed by atoms with van der Waals surface area (Å²) in [4.78, 5) is 33.4. The molecule has 25 heavy (non-hydrogen) atoms. The van der Waals surface area contributed by atoms with Crippen LogP contribution in [0.3, 0.4) is 0 Å². The van der Waals surface area contributed by atoms with Crippen molar-refractivity contribution in [2.75, 3.05) is 17.2 Å². The molecule has 0 aliphatic carbocycles. The van der Waals surface area contributed by atoms with Crippen molar-refractivity contribution >= 4 is 28.9 Å². The maximum absolute atomic E-state index is 12.0. The molecule has 0 unspecified atom stereocenters. The third kappa shape index (κ3) is 5.03. The number of amides is 2. The molecule has 0 aliphatic heterocycles. The summed E-state index contributed by atoms with van der Waals surface area (Å²) in [6.07, 6.45) is 0. The Labute approximate surface area is 144 Å². The number of nitrogens with one attached hydrogen (secondary N) is 2. The van der Waals surface area contributed by atoms with Gasteiger partial charge in [-0.1, -0.05) is 12.1 Å². The lowest BCUT2D eigenvalue weighted by Gasteiger charge is -2.10. The van der Waals surface area contributed by atoms with Crippen LogP contribution in [0, 0.1) is 17.0 Å². The molecular weight excluding hydrogens is 326 g/mol. The molecule has 0 aromatic heterocycles. The highest BCUT2D eigenvalue weighted by Crippen LogP contribution is 2.27. The minimum absolute atomic E-state index is 0.0686. The van der Waals surface area contributed by atoms with E-state index in [0.29, 0.717) is 16.9 Å². The van der Waals surface area contributed by atoms with Crippen LogP contribution >= 0.6 is 0 Å². The maximum Gasteiger partial charge on any atom is 0.276 e. The Morgan fingerprint density at radius 3 is 2.40 bits per heavy atom. The second-order valence-corrected chi connectivity index (χ2v) is 5.26. The molecule has 0 saturated carbocycles. The van der Waals surface area contributed by atoms with E-state index < -0.39 is 10.8 Å². The lowest BCUT2D eigenvalue weighted by atomic mass is 10.2. The van der Waals surface area contributed by atoms with Gasteiger partial charge in [0.1, 0.15) is 5.75 Å². The van der Waals surface area contributed by atoms with E-state index in [-0.39, 0.29) is 24.0 Å². The number of hydrogen-bond donors (Lipinski definition) is 2. The van der Waals surface area contributed by atoms with Crippen LogP contribution in [0.2, 0.25) is 0 Å². The summed E-state index contributed by atoms with van der Waals surface area (Å²) in [6.45, 7) is 2.65. The first-order valence-corrected chi connectivity index (χ1v) is 7.41. The summed E-state index contributed by atoms with van der Waals surface area (Å²) in [5.74, 6) is -0.366. The number of nitro benzene ring substituents is 1. The minimum atomic E-state index is -0.504. The van der Waals surface area contributed by atoms with Crippen LogP contribution < -0.4 is 15.4 Å². The molecule has 2 aromatic carbocycles. The second-order valence-electron chi connectivity index (χ2n) is 5.26. The molecule has 2 aromatic rings. The molecule has 2 amide bonds. The van der Waals surface area contributed by atoms with Crippen molar-refractivity contribution in [2.24, 2.45) is 0 Å². The van der Waals surface area contributed by atoms with Gasteiger partial charge in [-0.25, -0.2) is 0 Å². The van der Waals surface area contributed by atoms with Gasteiger partial charge in [-0.05, 0) is 31.2 Å². The fourth-order valence-corrected chi connectivity index (χ4v) is 2.18. The Balaban J connectivity index is 1.99. The normalized spacial score (nSPS) is 10.0. The van der Waals surface area contributed by atoms with Crippen molar-refractivity contribution in [3.8, 4) is 5.75 Å². The summed E-state index contributed by atoms with van der Waals surface area (Å²) in [5.41, 5.74) is 1.34. The summed E-state index contributed by atoms with van der Waals surface area (Å²) in [6, 6.07) is 11.1. The molecule has 0 heterocycles. The minimum Gasteiger partial charge on any atom is -0.483 e. The molecule has 2 rings (SSSR count). The molecule has 0 bridgehead atoms. The van der Waals surface area contributed by atoms with E-state index in [0.717, 1.165) is 0 Å². The fourth-order valence-electron chi connectivity index (χ4n) is 2.18. The summed E-state index contributed by atoms with van der Waals surface area (Å²) in [5, 5.41) is 16.2. The van der Waals surface area contributed by atoms with E-state index >= 15 is 0 Å². The van der Waals surface area contributed by atoms with E-state index in [1.807, 2.05) is 0 Å². The molecule has 8 nitrogen and oxygen atoms in total. The van der Waals surface area contributed by atoms with Crippen molar-refractivity contribution in [3.05, 3.63) is 58.1 Å². The Morgan fingerprint density at radius 2 is 1.76 bits per heavy atom. The second kappa shape index (κ2) is 7.91. The topological polar surface area (TPSA) is 111 Å². The Bertz CT molecular complexity index is 820. The number of hydrogen-bond acceptors (Lipinski definition) is 5. The highest BCUT2D eigenvalue weighted by Gasteiger charge is 2.15. The predicted octanol–water partition coefficient (Wildman–Crippen LogP) is 2.88. The smallest absolute Gasteiger partial charge is 0.276 e. The van der Waals surface area contributed by atoms with Gasteiger partial charge in [-0.2, -0.15) is 0 Å². The molecule has 130 valence electrons. The predicted molar refractivity (Wildman–Crippen MR) is 92.7 cm³/mol. The average molecular weight is 343 g/mol. The van der Waals surface area contributed by atoms with Gasteiger partial charge in [0.2, 0.25) is 5.91 Å². The molecule has 0 atom stereocenters. The first kappa shape index (κ1) is 17.9. The Morgan fingerprint density at radius 1 is 1.12 bits per heavy atom. The van der Waals surface area contributed by atoms with Gasteiger partial charge < -0.3 is 15.4 Å². The standard InChI is InChI=1S/C17H17N3O5/c1-11-15(20(23)24)7-4-8-16(11)25-10-17(22)19-14-6-3-5-13(9-14)18-12(2)21/h3-9H,10H2,1-2H3,(H,18,21)(H,19,22). The van der Waals surface area contributed by atoms with Crippen LogP contribution in [0.15, 0.2) is 42.5 Å². The fraction of sp³-hybridized carbons (Fsp3) is 0.176. The molecule has 0 aliphatic rings. The van der Waals surface area contributed by atoms with E-state index in [1.54, 1.807) is 37.3 Å². The quantitative estimate of drug-likeness (QED) is 0.619. The van der Waals surface area contributed by atoms with Gasteiger partial charge in [-0.3, -0.25) is 19.7 Å². The third-order valence-electron chi connectivity index (χ3n) is 3.28. The number of carbonyl (C=O) groups excluding carboxylic acids is 2. The van der Waals surface area contributed by atoms with E-state index in [2.05, 4.69) is 10.6 Å². The first-order chi connectivity index (χ1) is 11.9. The largest absolute Gasteiger partial charge is 0.483 e. The number of rotatable bonds is 6. The van der Waals surface area contributed by atoms with Crippen LogP contribution in [0.25, 0.3) is 0 Å². The van der Waals surface area contributed by atoms with Crippen molar-refractivity contribution in [1.29, 1.82) is 0 Å². The van der Waals surface area contributed by atoms with Gasteiger partial charge in [0.25, 0.3) is 11.6 Å². The summed E-state index contributed by atoms with van der Waals surface area (Å²) in [7, 11) is 0. The molecule has 0 fully saturated rings. The lowest BCUT2D eigenvalue weighted by Crippen LogP contribution is -2.20. The first-order valence-electron chi connectivity index (χ1n) is 7.41. The highest BCUT2D eigenvalue weighted by molar-refractivity contribution is 5.94. The number of benzene rings is 2. The number of ether oxygens (including phenoxy) is 1. The maximum atomic E-state index is 12.0. The zero-order valence-corrected chi connectivity index (χ0v) is 13.7. The molecule has 8 heteroatoms. The molecular formula is C17H17N3O5. The van der Waals surface area contributed by atoms with Gasteiger partial charge >= 0.3 is 0 Å². The van der Waals surface area contributed by atoms with E-state index in [4.69, 9.17) is 4.74 Å². The van der Waals surface area contributed by atoms with Crippen LogP contribution in [0.5, 0.6) is 5.75 Å². The Hall–Kier alpha value is -3.42. The number of carbonyl (C=O) groups is 2. The number of anilines is 2. The van der Waals surface area contributed by atoms with E-state index in [9.17, 15) is 19.7 Å². The Kier molecular flexibility index (Phi) is 5.67.